The number of benzene rings is 2. The first kappa shape index (κ1) is 16.2. The molecule has 130 valence electrons. The maximum Gasteiger partial charge on any atom is 0.258 e. The molecule has 0 atom stereocenters. The first-order chi connectivity index (χ1) is 12.4. The van der Waals surface area contributed by atoms with Crippen LogP contribution in [0.1, 0.15) is 25.5 Å². The van der Waals surface area contributed by atoms with Crippen molar-refractivity contribution in [1.82, 2.24) is 19.9 Å². The molecule has 2 aromatic heterocycles. The molecule has 4 aromatic rings. The zero-order chi connectivity index (χ0) is 18.3. The van der Waals surface area contributed by atoms with Crippen LogP contribution in [0.4, 0.5) is 0 Å². The van der Waals surface area contributed by atoms with Crippen molar-refractivity contribution < 1.29 is 0 Å². The maximum atomic E-state index is 12.4. The zero-order valence-corrected chi connectivity index (χ0v) is 14.5. The number of para-hydroxylation sites is 2. The molecule has 0 fully saturated rings. The number of hydrogen-bond donors (Lipinski definition) is 2. The van der Waals surface area contributed by atoms with Gasteiger partial charge >= 0.3 is 0 Å². The molecule has 0 unspecified atom stereocenters. The molecule has 6 nitrogen and oxygen atoms in total. The van der Waals surface area contributed by atoms with Gasteiger partial charge in [-0.25, -0.2) is 9.97 Å². The molecule has 2 heterocycles. The summed E-state index contributed by atoms with van der Waals surface area (Å²) in [5.41, 5.74) is 0.461. The normalized spacial score (nSPS) is 11.9. The quantitative estimate of drug-likeness (QED) is 0.597. The Balaban J connectivity index is 1.78. The number of aromatic amines is 2. The van der Waals surface area contributed by atoms with Crippen molar-refractivity contribution in [3.8, 4) is 0 Å². The molecule has 26 heavy (non-hydrogen) atoms. The Morgan fingerprint density at radius 1 is 0.808 bits per heavy atom. The van der Waals surface area contributed by atoms with Gasteiger partial charge in [0.05, 0.1) is 21.8 Å². The van der Waals surface area contributed by atoms with Crippen LogP contribution in [0.15, 0.2) is 58.1 Å². The fourth-order valence-electron chi connectivity index (χ4n) is 3.13. The Labute approximate surface area is 149 Å². The molecule has 2 N–H and O–H groups in total. The second-order valence-corrected chi connectivity index (χ2v) is 7.02. The number of hydrogen-bond acceptors (Lipinski definition) is 4. The van der Waals surface area contributed by atoms with Crippen molar-refractivity contribution in [2.24, 2.45) is 0 Å². The largest absolute Gasteiger partial charge is 0.310 e. The summed E-state index contributed by atoms with van der Waals surface area (Å²) < 4.78 is 0. The zero-order valence-electron chi connectivity index (χ0n) is 14.5. The predicted molar refractivity (Wildman–Crippen MR) is 101 cm³/mol. The number of H-pyrrole nitrogens is 2. The second-order valence-electron chi connectivity index (χ2n) is 7.02. The molecular formula is C20H18N4O2. The van der Waals surface area contributed by atoms with E-state index in [-0.39, 0.29) is 11.1 Å². The van der Waals surface area contributed by atoms with Crippen molar-refractivity contribution in [2.45, 2.75) is 25.7 Å². The van der Waals surface area contributed by atoms with Gasteiger partial charge in [-0.15, -0.1) is 0 Å². The van der Waals surface area contributed by atoms with E-state index in [0.717, 1.165) is 0 Å². The summed E-state index contributed by atoms with van der Waals surface area (Å²) in [5, 5.41) is 1.12. The number of fused-ring (bicyclic) bond motifs is 2. The third kappa shape index (κ3) is 2.79. The van der Waals surface area contributed by atoms with E-state index >= 15 is 0 Å². The molecule has 2 aromatic carbocycles. The molecule has 0 radical (unpaired) electrons. The molecule has 0 saturated heterocycles. The molecule has 0 bridgehead atoms. The molecule has 0 spiro atoms. The lowest BCUT2D eigenvalue weighted by Crippen LogP contribution is -2.29. The second kappa shape index (κ2) is 5.91. The number of nitrogens with one attached hydrogen (secondary N) is 2. The molecule has 0 aliphatic rings. The van der Waals surface area contributed by atoms with E-state index in [9.17, 15) is 9.59 Å². The van der Waals surface area contributed by atoms with Gasteiger partial charge in [0.15, 0.2) is 0 Å². The van der Waals surface area contributed by atoms with Gasteiger partial charge in [-0.1, -0.05) is 38.1 Å². The molecule has 6 heteroatoms. The van der Waals surface area contributed by atoms with E-state index in [1.807, 2.05) is 50.2 Å². The number of rotatable bonds is 3. The van der Waals surface area contributed by atoms with Crippen molar-refractivity contribution >= 4 is 21.8 Å². The summed E-state index contributed by atoms with van der Waals surface area (Å²) >= 11 is 0. The Kier molecular flexibility index (Phi) is 3.68. The summed E-state index contributed by atoms with van der Waals surface area (Å²) in [6, 6.07) is 14.5. The maximum absolute atomic E-state index is 12.4. The summed E-state index contributed by atoms with van der Waals surface area (Å²) in [7, 11) is 0. The van der Waals surface area contributed by atoms with Gasteiger partial charge in [0.25, 0.3) is 11.1 Å². The molecule has 0 aliphatic carbocycles. The van der Waals surface area contributed by atoms with Crippen molar-refractivity contribution in [1.29, 1.82) is 0 Å². The summed E-state index contributed by atoms with van der Waals surface area (Å²) in [6.07, 6.45) is 0.439. The lowest BCUT2D eigenvalue weighted by molar-refractivity contribution is 0.475. The highest BCUT2D eigenvalue weighted by molar-refractivity contribution is 5.78. The molecule has 0 aliphatic heterocycles. The Morgan fingerprint density at radius 3 is 2.00 bits per heavy atom. The van der Waals surface area contributed by atoms with E-state index in [2.05, 4.69) is 19.9 Å². The SMILES string of the molecule is CC(C)(Cc1nc2ccccc2c(=O)[nH]1)c1nc2ccccc2c(=O)[nH]1. The van der Waals surface area contributed by atoms with Gasteiger partial charge in [0, 0.05) is 11.8 Å². The Morgan fingerprint density at radius 2 is 1.35 bits per heavy atom. The van der Waals surface area contributed by atoms with E-state index in [1.165, 1.54) is 0 Å². The fraction of sp³-hybridized carbons (Fsp3) is 0.200. The van der Waals surface area contributed by atoms with E-state index in [0.29, 0.717) is 39.9 Å². The van der Waals surface area contributed by atoms with Crippen LogP contribution in [0, 0.1) is 0 Å². The number of nitrogens with zero attached hydrogens (tertiary/aromatic N) is 2. The van der Waals surface area contributed by atoms with Crippen LogP contribution in [-0.2, 0) is 11.8 Å². The minimum absolute atomic E-state index is 0.165. The summed E-state index contributed by atoms with van der Waals surface area (Å²) in [6.45, 7) is 3.93. The average Bonchev–Trinajstić information content (AvgIpc) is 2.61. The van der Waals surface area contributed by atoms with Crippen LogP contribution in [0.2, 0.25) is 0 Å². The van der Waals surface area contributed by atoms with Crippen LogP contribution >= 0.6 is 0 Å². The van der Waals surface area contributed by atoms with Crippen LogP contribution in [0.25, 0.3) is 21.8 Å². The Bertz CT molecular complexity index is 1240. The van der Waals surface area contributed by atoms with Gasteiger partial charge in [-0.3, -0.25) is 9.59 Å². The predicted octanol–water partition coefficient (Wildman–Crippen LogP) is 2.68. The van der Waals surface area contributed by atoms with Gasteiger partial charge in [-0.2, -0.15) is 0 Å². The monoisotopic (exact) mass is 346 g/mol. The van der Waals surface area contributed by atoms with E-state index in [1.54, 1.807) is 12.1 Å². The van der Waals surface area contributed by atoms with Gasteiger partial charge in [0.1, 0.15) is 11.6 Å². The fourth-order valence-corrected chi connectivity index (χ4v) is 3.13. The van der Waals surface area contributed by atoms with Crippen LogP contribution in [0.5, 0.6) is 0 Å². The molecule has 0 saturated carbocycles. The minimum Gasteiger partial charge on any atom is -0.310 e. The Hall–Kier alpha value is -3.28. The van der Waals surface area contributed by atoms with E-state index < -0.39 is 5.41 Å². The van der Waals surface area contributed by atoms with Crippen LogP contribution in [0.3, 0.4) is 0 Å². The highest BCUT2D eigenvalue weighted by Crippen LogP contribution is 2.24. The summed E-state index contributed by atoms with van der Waals surface area (Å²) in [4.78, 5) is 39.5. The highest BCUT2D eigenvalue weighted by atomic mass is 16.1. The van der Waals surface area contributed by atoms with Crippen molar-refractivity contribution in [3.63, 3.8) is 0 Å². The molecular weight excluding hydrogens is 328 g/mol. The third-order valence-electron chi connectivity index (χ3n) is 4.53. The molecule has 4 rings (SSSR count). The number of aromatic nitrogens is 4. The highest BCUT2D eigenvalue weighted by Gasteiger charge is 2.26. The first-order valence-corrected chi connectivity index (χ1v) is 8.41. The van der Waals surface area contributed by atoms with Gasteiger partial charge in [0.2, 0.25) is 0 Å². The standard InChI is InChI=1S/C20H18N4O2/c1-20(2,19-22-15-10-6-4-8-13(15)18(26)24-19)11-16-21-14-9-5-3-7-12(14)17(25)23-16/h3-10H,11H2,1-2H3,(H,21,23,25)(H,22,24,26). The average molecular weight is 346 g/mol. The lowest BCUT2D eigenvalue weighted by atomic mass is 9.87. The van der Waals surface area contributed by atoms with E-state index in [4.69, 9.17) is 0 Å². The summed E-state index contributed by atoms with van der Waals surface area (Å²) in [5.74, 6) is 1.13. The minimum atomic E-state index is -0.512. The van der Waals surface area contributed by atoms with Crippen LogP contribution in [-0.4, -0.2) is 19.9 Å². The lowest BCUT2D eigenvalue weighted by Gasteiger charge is -2.23. The van der Waals surface area contributed by atoms with Gasteiger partial charge in [-0.05, 0) is 24.3 Å². The van der Waals surface area contributed by atoms with Gasteiger partial charge < -0.3 is 9.97 Å². The third-order valence-corrected chi connectivity index (χ3v) is 4.53. The first-order valence-electron chi connectivity index (χ1n) is 8.41. The molecule has 0 amide bonds. The van der Waals surface area contributed by atoms with Crippen LogP contribution < -0.4 is 11.1 Å². The topological polar surface area (TPSA) is 91.5 Å². The van der Waals surface area contributed by atoms with Crippen molar-refractivity contribution in [2.75, 3.05) is 0 Å². The van der Waals surface area contributed by atoms with Crippen molar-refractivity contribution in [3.05, 3.63) is 80.9 Å². The smallest absolute Gasteiger partial charge is 0.258 e.